The Kier molecular flexibility index (Phi) is 7.03. The van der Waals surface area contributed by atoms with Crippen molar-refractivity contribution in [1.29, 1.82) is 5.26 Å². The molecule has 2 fully saturated rings. The first-order valence-corrected chi connectivity index (χ1v) is 14.6. The minimum atomic E-state index is -4.29. The second kappa shape index (κ2) is 10.5. The van der Waals surface area contributed by atoms with Gasteiger partial charge in [0.1, 0.15) is 17.0 Å². The lowest BCUT2D eigenvalue weighted by atomic mass is 9.78. The summed E-state index contributed by atoms with van der Waals surface area (Å²) in [6, 6.07) is 7.46. The summed E-state index contributed by atoms with van der Waals surface area (Å²) < 4.78 is 39.2. The van der Waals surface area contributed by atoms with E-state index in [0.29, 0.717) is 52.6 Å². The van der Waals surface area contributed by atoms with Crippen molar-refractivity contribution < 1.29 is 18.0 Å². The van der Waals surface area contributed by atoms with E-state index in [1.165, 1.54) is 25.6 Å². The van der Waals surface area contributed by atoms with Crippen LogP contribution in [-0.2, 0) is 12.8 Å². The molecule has 2 aromatic heterocycles. The van der Waals surface area contributed by atoms with Crippen LogP contribution in [0.4, 0.5) is 19.0 Å². The molecule has 2 unspecified atom stereocenters. The van der Waals surface area contributed by atoms with Gasteiger partial charge in [0.25, 0.3) is 5.91 Å². The third kappa shape index (κ3) is 5.19. The predicted octanol–water partition coefficient (Wildman–Crippen LogP) is 6.38. The zero-order chi connectivity index (χ0) is 28.0. The number of aromatic nitrogens is 2. The maximum absolute atomic E-state index is 13.6. The maximum atomic E-state index is 13.6. The number of nitrogens with zero attached hydrogens (tertiary/aromatic N) is 4. The molecule has 0 spiro atoms. The van der Waals surface area contributed by atoms with Crippen molar-refractivity contribution in [3.63, 3.8) is 0 Å². The van der Waals surface area contributed by atoms with Gasteiger partial charge in [0.15, 0.2) is 0 Å². The third-order valence-electron chi connectivity index (χ3n) is 8.66. The molecular formula is C30H30F3N5OS. The maximum Gasteiger partial charge on any atom is 0.393 e. The molecule has 0 radical (unpaired) electrons. The molecule has 2 atom stereocenters. The number of fused-ring (bicyclic) bond motifs is 2. The van der Waals surface area contributed by atoms with E-state index < -0.39 is 12.6 Å². The number of halogens is 3. The van der Waals surface area contributed by atoms with Gasteiger partial charge in [0.05, 0.1) is 23.9 Å². The molecule has 208 valence electrons. The van der Waals surface area contributed by atoms with E-state index in [1.54, 1.807) is 6.07 Å². The van der Waals surface area contributed by atoms with Gasteiger partial charge in [-0.25, -0.2) is 9.97 Å². The van der Waals surface area contributed by atoms with Crippen molar-refractivity contribution in [2.24, 2.45) is 11.8 Å². The largest absolute Gasteiger partial charge is 0.393 e. The number of carbonyl (C=O) groups excluding carboxylic acids is 1. The highest BCUT2D eigenvalue weighted by atomic mass is 32.1. The van der Waals surface area contributed by atoms with Crippen molar-refractivity contribution >= 4 is 39.4 Å². The van der Waals surface area contributed by atoms with Crippen LogP contribution in [0.15, 0.2) is 30.1 Å². The Morgan fingerprint density at radius 2 is 2.00 bits per heavy atom. The van der Waals surface area contributed by atoms with Crippen LogP contribution < -0.4 is 10.2 Å². The Balaban J connectivity index is 1.28. The fourth-order valence-electron chi connectivity index (χ4n) is 6.76. The number of thiophene rings is 1. The number of benzene rings is 1. The molecular weight excluding hydrogens is 535 g/mol. The van der Waals surface area contributed by atoms with E-state index >= 15 is 0 Å². The fourth-order valence-corrected chi connectivity index (χ4v) is 7.78. The van der Waals surface area contributed by atoms with Crippen LogP contribution in [0, 0.1) is 30.1 Å². The van der Waals surface area contributed by atoms with Crippen LogP contribution in [0.3, 0.4) is 0 Å². The Bertz CT molecular complexity index is 1530. The van der Waals surface area contributed by atoms with E-state index in [9.17, 15) is 23.2 Å². The number of hydrogen-bond donors (Lipinski definition) is 1. The van der Waals surface area contributed by atoms with Crippen molar-refractivity contribution in [1.82, 2.24) is 15.3 Å². The van der Waals surface area contributed by atoms with Crippen LogP contribution in [0.25, 0.3) is 16.3 Å². The fraction of sp³-hybridized carbons (Fsp3) is 0.467. The van der Waals surface area contributed by atoms with Gasteiger partial charge in [-0.1, -0.05) is 38.2 Å². The highest BCUT2D eigenvalue weighted by Gasteiger charge is 2.40. The molecule has 1 amide bonds. The highest BCUT2D eigenvalue weighted by molar-refractivity contribution is 7.18. The molecule has 3 aromatic rings. The Labute approximate surface area is 234 Å². The van der Waals surface area contributed by atoms with Crippen LogP contribution in [0.2, 0.25) is 0 Å². The molecule has 2 aliphatic carbocycles. The highest BCUT2D eigenvalue weighted by Crippen LogP contribution is 2.40. The third-order valence-corrected chi connectivity index (χ3v) is 9.71. The molecule has 10 heteroatoms. The molecule has 1 N–H and O–H groups in total. The predicted molar refractivity (Wildman–Crippen MR) is 149 cm³/mol. The minimum Gasteiger partial charge on any atom is -0.354 e. The molecule has 1 aliphatic heterocycles. The number of rotatable bonds is 5. The summed E-state index contributed by atoms with van der Waals surface area (Å²) in [7, 11) is 0. The van der Waals surface area contributed by atoms with Crippen LogP contribution in [-0.4, -0.2) is 41.2 Å². The van der Waals surface area contributed by atoms with Crippen molar-refractivity contribution in [3.05, 3.63) is 57.2 Å². The second-order valence-corrected chi connectivity index (χ2v) is 12.4. The number of allylic oxidation sites excluding steroid dienone is 1. The van der Waals surface area contributed by atoms with E-state index in [2.05, 4.69) is 26.3 Å². The average molecular weight is 566 g/mol. The molecule has 0 bridgehead atoms. The Hall–Kier alpha value is -3.45. The van der Waals surface area contributed by atoms with Crippen LogP contribution in [0.5, 0.6) is 0 Å². The summed E-state index contributed by atoms with van der Waals surface area (Å²) in [6.45, 7) is 3.15. The van der Waals surface area contributed by atoms with Gasteiger partial charge >= 0.3 is 6.18 Å². The van der Waals surface area contributed by atoms with Gasteiger partial charge in [-0.05, 0) is 47.7 Å². The monoisotopic (exact) mass is 565 g/mol. The van der Waals surface area contributed by atoms with Crippen molar-refractivity contribution in [3.8, 4) is 6.07 Å². The second-order valence-electron chi connectivity index (χ2n) is 11.2. The Morgan fingerprint density at radius 3 is 2.75 bits per heavy atom. The molecule has 1 saturated heterocycles. The molecule has 1 saturated carbocycles. The van der Waals surface area contributed by atoms with Gasteiger partial charge in [-0.15, -0.1) is 11.3 Å². The summed E-state index contributed by atoms with van der Waals surface area (Å²) in [5.41, 5.74) is 4.19. The first kappa shape index (κ1) is 26.8. The van der Waals surface area contributed by atoms with E-state index in [0.717, 1.165) is 40.9 Å². The molecule has 3 heterocycles. The lowest BCUT2D eigenvalue weighted by Crippen LogP contribution is -2.43. The van der Waals surface area contributed by atoms with E-state index in [-0.39, 0.29) is 22.7 Å². The molecule has 1 aromatic carbocycles. The van der Waals surface area contributed by atoms with Gasteiger partial charge in [-0.2, -0.15) is 18.4 Å². The number of anilines is 1. The first-order valence-electron chi connectivity index (χ1n) is 13.8. The minimum absolute atomic E-state index is 0.119. The number of nitrogens with one attached hydrogen (secondary N) is 1. The number of nitriles is 1. The number of hydrogen-bond acceptors (Lipinski definition) is 6. The van der Waals surface area contributed by atoms with Crippen molar-refractivity contribution in [2.75, 3.05) is 18.0 Å². The molecule has 6 rings (SSSR count). The summed E-state index contributed by atoms with van der Waals surface area (Å²) in [5.74, 6) is 1.17. The zero-order valence-electron chi connectivity index (χ0n) is 22.2. The molecule has 3 aliphatic rings. The number of carbonyl (C=O) groups is 1. The summed E-state index contributed by atoms with van der Waals surface area (Å²) in [6.07, 6.45) is 4.39. The molecule has 40 heavy (non-hydrogen) atoms. The van der Waals surface area contributed by atoms with Gasteiger partial charge in [-0.3, -0.25) is 4.79 Å². The first-order chi connectivity index (χ1) is 19.2. The van der Waals surface area contributed by atoms with E-state index in [1.807, 2.05) is 25.1 Å². The standard InChI is InChI=1S/C30H30F3N5OS/c1-17-22(8-7-20-9-18(13-34)10-23(17)20)28(39)37-26-15-38(14-25(26)19-5-3-2-4-6-19)27-24-11-21(12-30(31,32)33)40-29(24)36-16-35-27/h7-8,10-11,16,19,25-26H,2-6,9,12,14-15H2,1H3,(H,37,39). The van der Waals surface area contributed by atoms with Gasteiger partial charge in [0.2, 0.25) is 0 Å². The summed E-state index contributed by atoms with van der Waals surface area (Å²) >= 11 is 1.06. The van der Waals surface area contributed by atoms with Gasteiger partial charge < -0.3 is 10.2 Å². The van der Waals surface area contributed by atoms with Gasteiger partial charge in [0, 0.05) is 41.4 Å². The Morgan fingerprint density at radius 1 is 1.20 bits per heavy atom. The summed E-state index contributed by atoms with van der Waals surface area (Å²) in [5, 5.41) is 13.3. The lowest BCUT2D eigenvalue weighted by Gasteiger charge is -2.31. The van der Waals surface area contributed by atoms with Crippen LogP contribution >= 0.6 is 11.3 Å². The zero-order valence-corrected chi connectivity index (χ0v) is 23.0. The van der Waals surface area contributed by atoms with Crippen molar-refractivity contribution in [2.45, 2.75) is 64.1 Å². The smallest absolute Gasteiger partial charge is 0.354 e. The normalized spacial score (nSPS) is 21.4. The van der Waals surface area contributed by atoms with Crippen LogP contribution in [0.1, 0.15) is 64.0 Å². The SMILES string of the molecule is Cc1c(C(=O)NC2CN(c3ncnc4sc(CC(F)(F)F)cc34)CC2C2CCCCC2)ccc2c1C=C(C#N)C2. The average Bonchev–Trinajstić information content (AvgIpc) is 3.64. The van der Waals surface area contributed by atoms with E-state index in [4.69, 9.17) is 0 Å². The lowest BCUT2D eigenvalue weighted by molar-refractivity contribution is -0.126. The topological polar surface area (TPSA) is 81.9 Å². The number of alkyl halides is 3. The number of amides is 1. The quantitative estimate of drug-likeness (QED) is 0.388. The summed E-state index contributed by atoms with van der Waals surface area (Å²) in [4.78, 5) is 25.3. The molecule has 6 nitrogen and oxygen atoms in total.